The van der Waals surface area contributed by atoms with Crippen LogP contribution in [-0.2, 0) is 20.8 Å². The van der Waals surface area contributed by atoms with Crippen molar-refractivity contribution in [3.63, 3.8) is 0 Å². The van der Waals surface area contributed by atoms with Crippen LogP contribution in [0.4, 0.5) is 0 Å². The first-order valence-electron chi connectivity index (χ1n) is 23.1. The minimum Gasteiger partial charge on any atom is -0.324 e. The van der Waals surface area contributed by atoms with Gasteiger partial charge < -0.3 is 4.57 Å². The Morgan fingerprint density at radius 1 is 0.215 bits per heavy atom. The zero-order valence-electron chi connectivity index (χ0n) is 37.1. The van der Waals surface area contributed by atoms with Crippen molar-refractivity contribution in [3.8, 4) is 0 Å². The molecule has 320 valence electrons. The molecule has 0 atom stereocenters. The van der Waals surface area contributed by atoms with Crippen LogP contribution in [0.5, 0.6) is 0 Å². The van der Waals surface area contributed by atoms with Crippen molar-refractivity contribution in [2.24, 2.45) is 0 Å². The minimum absolute atomic E-state index is 0.538. The Morgan fingerprint density at radius 2 is 0.338 bits per heavy atom. The molecule has 0 heterocycles. The maximum atomic E-state index is 17.2. The van der Waals surface area contributed by atoms with E-state index in [0.717, 1.165) is 0 Å². The van der Waals surface area contributed by atoms with Crippen LogP contribution in [-0.4, -0.2) is 18.5 Å². The molecule has 9 rings (SSSR count). The van der Waals surface area contributed by atoms with E-state index >= 15 is 4.57 Å². The Morgan fingerprint density at radius 3 is 0.462 bits per heavy atom. The van der Waals surface area contributed by atoms with Crippen molar-refractivity contribution < 1.29 is 4.57 Å². The van der Waals surface area contributed by atoms with Crippen molar-refractivity contribution in [1.82, 2.24) is 0 Å². The van der Waals surface area contributed by atoms with Gasteiger partial charge in [-0.1, -0.05) is 273 Å². The fourth-order valence-corrected chi connectivity index (χ4v) is 13.7. The van der Waals surface area contributed by atoms with E-state index in [1.54, 1.807) is 0 Å². The van der Waals surface area contributed by atoms with Gasteiger partial charge in [-0.3, -0.25) is 0 Å². The summed E-state index contributed by atoms with van der Waals surface area (Å²) in [6.45, 7) is 0. The monoisotopic (exact) mass is 860 g/mol. The molecule has 0 aliphatic heterocycles. The number of benzene rings is 9. The first kappa shape index (κ1) is 43.5. The molecule has 0 amide bonds. The molecule has 0 aliphatic carbocycles. The Labute approximate surface area is 386 Å². The van der Waals surface area contributed by atoms with Crippen LogP contribution in [0.1, 0.15) is 69.3 Å². The highest BCUT2D eigenvalue weighted by Gasteiger charge is 2.44. The molecular formula is C63H57OP. The summed E-state index contributed by atoms with van der Waals surface area (Å²) in [4.78, 5) is 0. The summed E-state index contributed by atoms with van der Waals surface area (Å²) in [6, 6.07) is 98.4. The summed E-state index contributed by atoms with van der Waals surface area (Å²) in [5, 5.41) is 0. The van der Waals surface area contributed by atoms with E-state index < -0.39 is 23.4 Å². The minimum atomic E-state index is -3.09. The molecule has 0 N–H and O–H groups in total. The van der Waals surface area contributed by atoms with E-state index in [-0.39, 0.29) is 0 Å². The van der Waals surface area contributed by atoms with Crippen molar-refractivity contribution in [1.29, 1.82) is 0 Å². The average Bonchev–Trinajstić information content (AvgIpc) is 3.40. The van der Waals surface area contributed by atoms with Gasteiger partial charge in [0, 0.05) is 34.7 Å². The average molecular weight is 861 g/mol. The molecule has 1 nitrogen and oxygen atoms in total. The van der Waals surface area contributed by atoms with Gasteiger partial charge in [-0.15, -0.1) is 0 Å². The summed E-state index contributed by atoms with van der Waals surface area (Å²) >= 11 is 0. The molecule has 0 radical (unpaired) electrons. The molecular weight excluding hydrogens is 804 g/mol. The second kappa shape index (κ2) is 19.9. The molecule has 0 unspecified atom stereocenters. The van der Waals surface area contributed by atoms with Crippen molar-refractivity contribution in [2.75, 3.05) is 18.5 Å². The Hall–Kier alpha value is -6.79. The van der Waals surface area contributed by atoms with Gasteiger partial charge in [-0.25, -0.2) is 0 Å². The molecule has 0 bridgehead atoms. The van der Waals surface area contributed by atoms with E-state index in [1.165, 1.54) is 50.1 Å². The molecule has 9 aromatic carbocycles. The maximum Gasteiger partial charge on any atom is 0.0879 e. The molecule has 0 spiro atoms. The van der Waals surface area contributed by atoms with E-state index in [2.05, 4.69) is 273 Å². The summed E-state index contributed by atoms with van der Waals surface area (Å²) < 4.78 is 17.2. The molecule has 0 aliphatic rings. The van der Waals surface area contributed by atoms with Crippen LogP contribution in [0.3, 0.4) is 0 Å². The van der Waals surface area contributed by atoms with Gasteiger partial charge in [0.2, 0.25) is 0 Å². The molecule has 0 fully saturated rings. The Bertz CT molecular complexity index is 2240. The van der Waals surface area contributed by atoms with Crippen LogP contribution in [0.15, 0.2) is 273 Å². The molecule has 0 saturated heterocycles. The van der Waals surface area contributed by atoms with Crippen molar-refractivity contribution >= 4 is 7.14 Å². The van der Waals surface area contributed by atoms with Gasteiger partial charge in [0.15, 0.2) is 0 Å². The molecule has 2 heteroatoms. The van der Waals surface area contributed by atoms with E-state index in [0.29, 0.717) is 37.7 Å². The van der Waals surface area contributed by atoms with E-state index in [1.807, 2.05) is 0 Å². The topological polar surface area (TPSA) is 17.1 Å². The lowest BCUT2D eigenvalue weighted by molar-refractivity contribution is 0.528. The quantitative estimate of drug-likeness (QED) is 0.0620. The van der Waals surface area contributed by atoms with Crippen LogP contribution < -0.4 is 0 Å². The smallest absolute Gasteiger partial charge is 0.0879 e. The standard InChI is InChI=1S/C63H57OP/c64-65(49-46-61(52-28-10-1-11-29-52,53-30-12-2-13-31-53)54-32-14-3-15-33-54,50-47-62(55-34-16-4-17-35-55,56-36-18-5-19-37-56)57-38-20-6-21-39-57)51-48-63(58-40-22-7-23-41-58,59-42-24-8-25-43-59)60-44-26-9-27-45-60/h1-45H,46-51H2. The maximum absolute atomic E-state index is 17.2. The SMILES string of the molecule is O=P(CCC(c1ccccc1)(c1ccccc1)c1ccccc1)(CCC(c1ccccc1)(c1ccccc1)c1ccccc1)CCC(c1ccccc1)(c1ccccc1)c1ccccc1. The zero-order chi connectivity index (χ0) is 44.3. The highest BCUT2D eigenvalue weighted by Crippen LogP contribution is 2.57. The van der Waals surface area contributed by atoms with Gasteiger partial charge in [0.05, 0.1) is 7.14 Å². The third-order valence-corrected chi connectivity index (χ3v) is 17.2. The zero-order valence-corrected chi connectivity index (χ0v) is 38.0. The summed E-state index contributed by atoms with van der Waals surface area (Å²) in [6.07, 6.45) is 3.75. The van der Waals surface area contributed by atoms with E-state index in [4.69, 9.17) is 0 Å². The fraction of sp³-hybridized carbons (Fsp3) is 0.143. The van der Waals surface area contributed by atoms with Gasteiger partial charge >= 0.3 is 0 Å². The second-order valence-corrected chi connectivity index (χ2v) is 20.9. The molecule has 65 heavy (non-hydrogen) atoms. The summed E-state index contributed by atoms with van der Waals surface area (Å²) in [5.74, 6) is 0. The van der Waals surface area contributed by atoms with Crippen LogP contribution in [0.25, 0.3) is 0 Å². The van der Waals surface area contributed by atoms with Gasteiger partial charge in [-0.2, -0.15) is 0 Å². The van der Waals surface area contributed by atoms with Gasteiger partial charge in [0.25, 0.3) is 0 Å². The summed E-state index contributed by atoms with van der Waals surface area (Å²) in [7, 11) is -3.09. The Balaban J connectivity index is 1.23. The summed E-state index contributed by atoms with van der Waals surface area (Å²) in [5.41, 5.74) is 9.29. The largest absolute Gasteiger partial charge is 0.324 e. The highest BCUT2D eigenvalue weighted by molar-refractivity contribution is 7.63. The van der Waals surface area contributed by atoms with Crippen molar-refractivity contribution in [2.45, 2.75) is 35.5 Å². The first-order valence-corrected chi connectivity index (χ1v) is 25.4. The van der Waals surface area contributed by atoms with Gasteiger partial charge in [0.1, 0.15) is 0 Å². The van der Waals surface area contributed by atoms with E-state index in [9.17, 15) is 0 Å². The third-order valence-electron chi connectivity index (χ3n) is 14.1. The van der Waals surface area contributed by atoms with Crippen LogP contribution >= 0.6 is 7.14 Å². The Kier molecular flexibility index (Phi) is 13.3. The van der Waals surface area contributed by atoms with Crippen molar-refractivity contribution in [3.05, 3.63) is 323 Å². The normalized spacial score (nSPS) is 12.1. The predicted octanol–water partition coefficient (Wildman–Crippen LogP) is 15.6. The van der Waals surface area contributed by atoms with Crippen LogP contribution in [0, 0.1) is 0 Å². The second-order valence-electron chi connectivity index (χ2n) is 17.5. The fourth-order valence-electron chi connectivity index (χ4n) is 10.8. The van der Waals surface area contributed by atoms with Gasteiger partial charge in [-0.05, 0) is 69.3 Å². The number of hydrogen-bond donors (Lipinski definition) is 0. The number of rotatable bonds is 18. The predicted molar refractivity (Wildman–Crippen MR) is 274 cm³/mol. The lowest BCUT2D eigenvalue weighted by Gasteiger charge is -2.41. The molecule has 0 aromatic heterocycles. The third kappa shape index (κ3) is 8.87. The first-order chi connectivity index (χ1) is 32.1. The molecule has 0 saturated carbocycles. The molecule has 9 aromatic rings. The number of hydrogen-bond acceptors (Lipinski definition) is 1. The van der Waals surface area contributed by atoms with Crippen LogP contribution in [0.2, 0.25) is 0 Å². The lowest BCUT2D eigenvalue weighted by atomic mass is 9.67. The highest BCUT2D eigenvalue weighted by atomic mass is 31.2. The lowest BCUT2D eigenvalue weighted by Crippen LogP contribution is -2.34.